The van der Waals surface area contributed by atoms with Gasteiger partial charge < -0.3 is 14.2 Å². The summed E-state index contributed by atoms with van der Waals surface area (Å²) >= 11 is 0. The minimum Gasteiger partial charge on any atom is -0.497 e. The first-order chi connectivity index (χ1) is 18.4. The van der Waals surface area contributed by atoms with Gasteiger partial charge in [0.15, 0.2) is 11.5 Å². The zero-order valence-corrected chi connectivity index (χ0v) is 21.4. The second kappa shape index (κ2) is 10.4. The van der Waals surface area contributed by atoms with Gasteiger partial charge in [-0.05, 0) is 54.4 Å². The third-order valence-electron chi connectivity index (χ3n) is 6.75. The maximum Gasteiger partial charge on any atom is 0.261 e. The van der Waals surface area contributed by atoms with Crippen LogP contribution in [0.25, 0.3) is 10.9 Å². The standard InChI is InChI=1S/C29H27N3O6/c1-36-19-9-10-20-22(17-19)29(35)32(27(20)33)15-13-26-30-23-7-5-4-6-21(23)28(34)31(26)14-12-18-8-11-24(37-2)25(16-18)38-3/h4-11,16-17H,12-15H2,1-3H3. The third kappa shape index (κ3) is 4.47. The molecule has 2 heterocycles. The van der Waals surface area contributed by atoms with Gasteiger partial charge in [-0.1, -0.05) is 18.2 Å². The molecule has 0 N–H and O–H groups in total. The molecule has 0 saturated carbocycles. The molecule has 0 bridgehead atoms. The number of para-hydroxylation sites is 1. The molecule has 0 atom stereocenters. The number of aromatic nitrogens is 2. The van der Waals surface area contributed by atoms with Gasteiger partial charge >= 0.3 is 0 Å². The van der Waals surface area contributed by atoms with Gasteiger partial charge in [-0.2, -0.15) is 0 Å². The number of nitrogens with zero attached hydrogens (tertiary/aromatic N) is 3. The van der Waals surface area contributed by atoms with Gasteiger partial charge in [0, 0.05) is 19.5 Å². The van der Waals surface area contributed by atoms with Crippen molar-refractivity contribution in [3.05, 3.63) is 93.5 Å². The second-order valence-electron chi connectivity index (χ2n) is 8.86. The van der Waals surface area contributed by atoms with Crippen LogP contribution in [0.1, 0.15) is 32.1 Å². The Bertz CT molecular complexity index is 1610. The number of imide groups is 1. The van der Waals surface area contributed by atoms with E-state index in [9.17, 15) is 14.4 Å². The number of hydrogen-bond acceptors (Lipinski definition) is 7. The van der Waals surface area contributed by atoms with E-state index in [1.165, 1.54) is 12.0 Å². The Balaban J connectivity index is 1.43. The van der Waals surface area contributed by atoms with Crippen molar-refractivity contribution in [1.82, 2.24) is 14.5 Å². The summed E-state index contributed by atoms with van der Waals surface area (Å²) in [6.45, 7) is 0.455. The molecule has 5 rings (SSSR count). The lowest BCUT2D eigenvalue weighted by Gasteiger charge is -2.17. The average Bonchev–Trinajstić information content (AvgIpc) is 3.19. The van der Waals surface area contributed by atoms with Gasteiger partial charge in [0.1, 0.15) is 11.6 Å². The molecule has 0 radical (unpaired) electrons. The van der Waals surface area contributed by atoms with Crippen molar-refractivity contribution in [3.8, 4) is 17.2 Å². The SMILES string of the molecule is COc1ccc2c(c1)C(=O)N(CCc1nc3ccccc3c(=O)n1CCc1ccc(OC)c(OC)c1)C2=O. The minimum atomic E-state index is -0.385. The number of methoxy groups -OCH3 is 3. The summed E-state index contributed by atoms with van der Waals surface area (Å²) in [6, 6.07) is 17.6. The fraction of sp³-hybridized carbons (Fsp3) is 0.241. The molecular weight excluding hydrogens is 486 g/mol. The summed E-state index contributed by atoms with van der Waals surface area (Å²) < 4.78 is 17.6. The number of rotatable bonds is 9. The lowest BCUT2D eigenvalue weighted by atomic mass is 10.1. The van der Waals surface area contributed by atoms with E-state index in [2.05, 4.69) is 0 Å². The van der Waals surface area contributed by atoms with E-state index >= 15 is 0 Å². The highest BCUT2D eigenvalue weighted by atomic mass is 16.5. The smallest absolute Gasteiger partial charge is 0.261 e. The van der Waals surface area contributed by atoms with Crippen molar-refractivity contribution < 1.29 is 23.8 Å². The molecule has 0 unspecified atom stereocenters. The molecule has 3 aromatic carbocycles. The normalized spacial score (nSPS) is 12.7. The van der Waals surface area contributed by atoms with Crippen molar-refractivity contribution in [2.75, 3.05) is 27.9 Å². The highest BCUT2D eigenvalue weighted by molar-refractivity contribution is 6.21. The summed E-state index contributed by atoms with van der Waals surface area (Å²) in [7, 11) is 4.66. The molecule has 1 aliphatic heterocycles. The third-order valence-corrected chi connectivity index (χ3v) is 6.75. The fourth-order valence-corrected chi connectivity index (χ4v) is 4.72. The second-order valence-corrected chi connectivity index (χ2v) is 8.86. The van der Waals surface area contributed by atoms with Crippen LogP contribution >= 0.6 is 0 Å². The molecule has 194 valence electrons. The van der Waals surface area contributed by atoms with Crippen LogP contribution < -0.4 is 19.8 Å². The van der Waals surface area contributed by atoms with Crippen LogP contribution in [-0.2, 0) is 19.4 Å². The number of amides is 2. The Labute approximate surface area is 219 Å². The Hall–Kier alpha value is -4.66. The summed E-state index contributed by atoms with van der Waals surface area (Å²) in [4.78, 5) is 45.4. The number of ether oxygens (including phenoxy) is 3. The summed E-state index contributed by atoms with van der Waals surface area (Å²) in [5.74, 6) is 1.49. The molecule has 9 nitrogen and oxygen atoms in total. The van der Waals surface area contributed by atoms with Gasteiger partial charge in [0.05, 0.1) is 43.4 Å². The van der Waals surface area contributed by atoms with E-state index in [1.807, 2.05) is 24.3 Å². The van der Waals surface area contributed by atoms with Crippen LogP contribution in [0.2, 0.25) is 0 Å². The lowest BCUT2D eigenvalue weighted by molar-refractivity contribution is 0.0655. The zero-order chi connectivity index (χ0) is 26.8. The Kier molecular flexibility index (Phi) is 6.83. The molecule has 0 spiro atoms. The van der Waals surface area contributed by atoms with E-state index in [-0.39, 0.29) is 30.3 Å². The topological polar surface area (TPSA) is 100.0 Å². The Morgan fingerprint density at radius 3 is 2.26 bits per heavy atom. The molecule has 1 aromatic heterocycles. The van der Waals surface area contributed by atoms with Gasteiger partial charge in [-0.25, -0.2) is 4.98 Å². The summed E-state index contributed by atoms with van der Waals surface area (Å²) in [5.41, 5.74) is 2.02. The molecule has 38 heavy (non-hydrogen) atoms. The number of fused-ring (bicyclic) bond motifs is 2. The van der Waals surface area contributed by atoms with Crippen molar-refractivity contribution in [1.29, 1.82) is 0 Å². The number of aryl methyl sites for hydroxylation is 1. The van der Waals surface area contributed by atoms with Crippen molar-refractivity contribution >= 4 is 22.7 Å². The van der Waals surface area contributed by atoms with E-state index in [0.717, 1.165) is 5.56 Å². The number of carbonyl (C=O) groups excluding carboxylic acids is 2. The van der Waals surface area contributed by atoms with Crippen LogP contribution in [-0.4, -0.2) is 54.1 Å². The first kappa shape index (κ1) is 25.0. The maximum atomic E-state index is 13.5. The van der Waals surface area contributed by atoms with Crippen molar-refractivity contribution in [2.45, 2.75) is 19.4 Å². The molecule has 4 aromatic rings. The Morgan fingerprint density at radius 2 is 1.50 bits per heavy atom. The average molecular weight is 514 g/mol. The number of benzene rings is 3. The number of hydrogen-bond donors (Lipinski definition) is 0. The predicted molar refractivity (Wildman–Crippen MR) is 141 cm³/mol. The van der Waals surface area contributed by atoms with Crippen LogP contribution in [0.15, 0.2) is 65.5 Å². The number of carbonyl (C=O) groups is 2. The van der Waals surface area contributed by atoms with Gasteiger partial charge in [-0.3, -0.25) is 23.9 Å². The summed E-state index contributed by atoms with van der Waals surface area (Å²) in [6.07, 6.45) is 0.773. The monoisotopic (exact) mass is 513 g/mol. The van der Waals surface area contributed by atoms with E-state index in [1.54, 1.807) is 55.2 Å². The van der Waals surface area contributed by atoms with Crippen molar-refractivity contribution in [2.24, 2.45) is 0 Å². The first-order valence-electron chi connectivity index (χ1n) is 12.2. The highest BCUT2D eigenvalue weighted by Crippen LogP contribution is 2.28. The van der Waals surface area contributed by atoms with Crippen LogP contribution in [0.3, 0.4) is 0 Å². The van der Waals surface area contributed by atoms with E-state index < -0.39 is 0 Å². The predicted octanol–water partition coefficient (Wildman–Crippen LogP) is 3.50. The Morgan fingerprint density at radius 1 is 0.737 bits per heavy atom. The quantitative estimate of drug-likeness (QED) is 0.316. The molecule has 1 aliphatic rings. The minimum absolute atomic E-state index is 0.0931. The maximum absolute atomic E-state index is 13.5. The molecule has 0 aliphatic carbocycles. The largest absolute Gasteiger partial charge is 0.497 e. The fourth-order valence-electron chi connectivity index (χ4n) is 4.72. The molecule has 9 heteroatoms. The molecular formula is C29H27N3O6. The molecule has 0 fully saturated rings. The zero-order valence-electron chi connectivity index (χ0n) is 21.4. The highest BCUT2D eigenvalue weighted by Gasteiger charge is 2.35. The van der Waals surface area contributed by atoms with Crippen LogP contribution in [0, 0.1) is 0 Å². The molecule has 0 saturated heterocycles. The first-order valence-corrected chi connectivity index (χ1v) is 12.2. The van der Waals surface area contributed by atoms with E-state index in [0.29, 0.717) is 58.1 Å². The molecule has 2 amide bonds. The van der Waals surface area contributed by atoms with Gasteiger partial charge in [-0.15, -0.1) is 0 Å². The van der Waals surface area contributed by atoms with Gasteiger partial charge in [0.25, 0.3) is 17.4 Å². The van der Waals surface area contributed by atoms with Crippen LogP contribution in [0.4, 0.5) is 0 Å². The van der Waals surface area contributed by atoms with Crippen LogP contribution in [0.5, 0.6) is 17.2 Å². The van der Waals surface area contributed by atoms with Crippen molar-refractivity contribution in [3.63, 3.8) is 0 Å². The van der Waals surface area contributed by atoms with E-state index in [4.69, 9.17) is 19.2 Å². The van der Waals surface area contributed by atoms with Gasteiger partial charge in [0.2, 0.25) is 0 Å². The lowest BCUT2D eigenvalue weighted by Crippen LogP contribution is -2.34. The summed E-state index contributed by atoms with van der Waals surface area (Å²) in [5, 5.41) is 0.511.